The predicted octanol–water partition coefficient (Wildman–Crippen LogP) is 2.72. The van der Waals surface area contributed by atoms with Crippen LogP contribution in [0.4, 0.5) is 13.2 Å². The molecular weight excluding hydrogens is 461 g/mol. The van der Waals surface area contributed by atoms with Crippen molar-refractivity contribution in [1.29, 1.82) is 0 Å². The lowest BCUT2D eigenvalue weighted by Crippen LogP contribution is -2.47. The van der Waals surface area contributed by atoms with E-state index >= 15 is 0 Å². The van der Waals surface area contributed by atoms with Gasteiger partial charge in [-0.2, -0.15) is 13.2 Å². The molecule has 2 aliphatic heterocycles. The Hall–Kier alpha value is -2.14. The monoisotopic (exact) mass is 492 g/mol. The molecule has 0 spiro atoms. The van der Waals surface area contributed by atoms with Crippen LogP contribution in [-0.2, 0) is 26.0 Å². The lowest BCUT2D eigenvalue weighted by Gasteiger charge is -2.31. The highest BCUT2D eigenvalue weighted by molar-refractivity contribution is 7.92. The van der Waals surface area contributed by atoms with Crippen molar-refractivity contribution in [2.24, 2.45) is 17.8 Å². The summed E-state index contributed by atoms with van der Waals surface area (Å²) in [6.45, 7) is 7.08. The van der Waals surface area contributed by atoms with E-state index in [2.05, 4.69) is 24.1 Å². The number of benzene rings is 1. The minimum Gasteiger partial charge on any atom is -0.475 e. The third-order valence-corrected chi connectivity index (χ3v) is 8.21. The molecule has 0 saturated carbocycles. The Morgan fingerprint density at radius 2 is 1.79 bits per heavy atom. The second kappa shape index (κ2) is 11.3. The first-order valence-electron chi connectivity index (χ1n) is 10.9. The van der Waals surface area contributed by atoms with Crippen LogP contribution in [-0.4, -0.2) is 67.1 Å². The average molecular weight is 493 g/mol. The van der Waals surface area contributed by atoms with Crippen LogP contribution in [0.5, 0.6) is 0 Å². The van der Waals surface area contributed by atoms with Gasteiger partial charge in [0.1, 0.15) is 0 Å². The van der Waals surface area contributed by atoms with E-state index in [1.165, 1.54) is 0 Å². The van der Waals surface area contributed by atoms with E-state index in [1.807, 2.05) is 30.3 Å². The van der Waals surface area contributed by atoms with Crippen molar-refractivity contribution < 1.29 is 36.3 Å². The minimum absolute atomic E-state index is 0.00413. The van der Waals surface area contributed by atoms with Crippen molar-refractivity contribution in [2.45, 2.75) is 44.7 Å². The molecule has 2 saturated heterocycles. The van der Waals surface area contributed by atoms with Gasteiger partial charge in [-0.1, -0.05) is 44.2 Å². The molecule has 1 amide bonds. The van der Waals surface area contributed by atoms with Crippen LogP contribution < -0.4 is 5.32 Å². The number of rotatable bonds is 6. The fourth-order valence-corrected chi connectivity index (χ4v) is 6.30. The molecule has 2 aliphatic rings. The number of carboxylic acids is 1. The van der Waals surface area contributed by atoms with Gasteiger partial charge in [-0.15, -0.1) is 0 Å². The number of likely N-dealkylation sites (tertiary alicyclic amines) is 1. The first kappa shape index (κ1) is 27.1. The molecule has 1 aromatic rings. The zero-order valence-electron chi connectivity index (χ0n) is 18.7. The lowest BCUT2D eigenvalue weighted by molar-refractivity contribution is -0.192. The Bertz CT molecular complexity index is 906. The van der Waals surface area contributed by atoms with Crippen LogP contribution in [0, 0.1) is 17.8 Å². The van der Waals surface area contributed by atoms with E-state index in [9.17, 15) is 26.4 Å². The van der Waals surface area contributed by atoms with Crippen molar-refractivity contribution in [3.05, 3.63) is 35.9 Å². The Morgan fingerprint density at radius 1 is 1.18 bits per heavy atom. The standard InChI is InChI=1S/C20H30N2O3S.C2HF3O2/c1-15(2)8-10-22-13-18-17(9-11-26(24,25)19(18)14-22)20(23)21-12-16-6-4-3-5-7-16;3-2(4,5)1(6)7/h3-7,15,17-19H,8-14H2,1-2H3,(H,21,23);(H,6,7)/t17-,18-,19-;/m1./s1. The molecule has 2 fully saturated rings. The van der Waals surface area contributed by atoms with Gasteiger partial charge in [-0.05, 0) is 30.9 Å². The molecule has 0 unspecified atom stereocenters. The molecule has 0 aromatic heterocycles. The second-order valence-corrected chi connectivity index (χ2v) is 11.3. The number of nitrogens with zero attached hydrogens (tertiary/aromatic N) is 1. The Labute approximate surface area is 192 Å². The zero-order chi connectivity index (χ0) is 24.8. The molecule has 0 radical (unpaired) electrons. The lowest BCUT2D eigenvalue weighted by atomic mass is 9.87. The summed E-state index contributed by atoms with van der Waals surface area (Å²) in [7, 11) is -3.09. The fourth-order valence-electron chi connectivity index (χ4n) is 4.17. The third kappa shape index (κ3) is 7.99. The van der Waals surface area contributed by atoms with Crippen molar-refractivity contribution in [3.8, 4) is 0 Å². The van der Waals surface area contributed by atoms with Crippen LogP contribution in [0.25, 0.3) is 0 Å². The number of sulfone groups is 1. The van der Waals surface area contributed by atoms with E-state index in [4.69, 9.17) is 9.90 Å². The maximum atomic E-state index is 12.8. The molecule has 33 heavy (non-hydrogen) atoms. The summed E-state index contributed by atoms with van der Waals surface area (Å²) in [6.07, 6.45) is -3.58. The maximum absolute atomic E-state index is 12.8. The van der Waals surface area contributed by atoms with Gasteiger partial charge in [-0.25, -0.2) is 13.2 Å². The Morgan fingerprint density at radius 3 is 2.33 bits per heavy atom. The van der Waals surface area contributed by atoms with Gasteiger partial charge in [0.25, 0.3) is 0 Å². The summed E-state index contributed by atoms with van der Waals surface area (Å²) in [5.74, 6) is -2.29. The van der Waals surface area contributed by atoms with Crippen LogP contribution in [0.15, 0.2) is 30.3 Å². The summed E-state index contributed by atoms with van der Waals surface area (Å²) >= 11 is 0. The van der Waals surface area contributed by atoms with Gasteiger partial charge in [-0.3, -0.25) is 4.79 Å². The average Bonchev–Trinajstić information content (AvgIpc) is 3.17. The molecule has 7 nitrogen and oxygen atoms in total. The van der Waals surface area contributed by atoms with Gasteiger partial charge in [0.05, 0.1) is 11.0 Å². The normalized spacial score (nSPS) is 24.5. The summed E-state index contributed by atoms with van der Waals surface area (Å²) < 4.78 is 56.8. The largest absolute Gasteiger partial charge is 0.490 e. The van der Waals surface area contributed by atoms with Crippen LogP contribution >= 0.6 is 0 Å². The number of hydrogen-bond acceptors (Lipinski definition) is 5. The van der Waals surface area contributed by atoms with Crippen molar-refractivity contribution in [3.63, 3.8) is 0 Å². The number of alkyl halides is 3. The van der Waals surface area contributed by atoms with E-state index in [0.29, 0.717) is 25.4 Å². The van der Waals surface area contributed by atoms with E-state index in [1.54, 1.807) is 0 Å². The van der Waals surface area contributed by atoms with Gasteiger partial charge in [0.15, 0.2) is 9.84 Å². The number of carbonyl (C=O) groups excluding carboxylic acids is 1. The molecule has 1 aromatic carbocycles. The van der Waals surface area contributed by atoms with Gasteiger partial charge >= 0.3 is 12.1 Å². The number of halogens is 3. The van der Waals surface area contributed by atoms with Gasteiger partial charge in [0.2, 0.25) is 5.91 Å². The number of carboxylic acid groups (broad SMARTS) is 1. The molecule has 186 valence electrons. The topological polar surface area (TPSA) is 104 Å². The molecule has 2 N–H and O–H groups in total. The Balaban J connectivity index is 0.000000479. The molecule has 0 aliphatic carbocycles. The van der Waals surface area contributed by atoms with Crippen molar-refractivity contribution in [1.82, 2.24) is 10.2 Å². The molecule has 3 rings (SSSR count). The second-order valence-electron chi connectivity index (χ2n) is 8.91. The number of carbonyl (C=O) groups is 2. The highest BCUT2D eigenvalue weighted by Gasteiger charge is 2.50. The first-order valence-corrected chi connectivity index (χ1v) is 12.6. The van der Waals surface area contributed by atoms with E-state index in [0.717, 1.165) is 25.1 Å². The van der Waals surface area contributed by atoms with Crippen LogP contribution in [0.1, 0.15) is 32.3 Å². The summed E-state index contributed by atoms with van der Waals surface area (Å²) in [5, 5.41) is 9.77. The maximum Gasteiger partial charge on any atom is 0.490 e. The van der Waals surface area contributed by atoms with Crippen LogP contribution in [0.3, 0.4) is 0 Å². The first-order chi connectivity index (χ1) is 15.3. The number of amides is 1. The summed E-state index contributed by atoms with van der Waals surface area (Å²) in [4.78, 5) is 23.9. The highest BCUT2D eigenvalue weighted by atomic mass is 32.2. The minimum atomic E-state index is -5.08. The van der Waals surface area contributed by atoms with Gasteiger partial charge < -0.3 is 15.3 Å². The van der Waals surface area contributed by atoms with Crippen molar-refractivity contribution in [2.75, 3.05) is 25.4 Å². The molecule has 11 heteroatoms. The third-order valence-electron chi connectivity index (χ3n) is 5.99. The number of fused-ring (bicyclic) bond motifs is 1. The van der Waals surface area contributed by atoms with E-state index < -0.39 is 22.0 Å². The number of hydrogen-bond donors (Lipinski definition) is 2. The predicted molar refractivity (Wildman–Crippen MR) is 117 cm³/mol. The molecule has 2 heterocycles. The Kier molecular flexibility index (Phi) is 9.30. The highest BCUT2D eigenvalue weighted by Crippen LogP contribution is 2.37. The fraction of sp³-hybridized carbons (Fsp3) is 0.636. The van der Waals surface area contributed by atoms with Gasteiger partial charge in [0, 0.05) is 31.5 Å². The summed E-state index contributed by atoms with van der Waals surface area (Å²) in [5.41, 5.74) is 1.06. The van der Waals surface area contributed by atoms with Crippen molar-refractivity contribution >= 4 is 21.7 Å². The number of nitrogens with one attached hydrogen (secondary N) is 1. The zero-order valence-corrected chi connectivity index (χ0v) is 19.5. The van der Waals surface area contributed by atoms with Crippen LogP contribution in [0.2, 0.25) is 0 Å². The number of aliphatic carboxylic acids is 1. The smallest absolute Gasteiger partial charge is 0.475 e. The summed E-state index contributed by atoms with van der Waals surface area (Å²) in [6, 6.07) is 9.82. The molecular formula is C22H31F3N2O5S. The van der Waals surface area contributed by atoms with E-state index in [-0.39, 0.29) is 28.7 Å². The molecule has 3 atom stereocenters. The SMILES string of the molecule is CC(C)CCN1C[C@H]2[C@@H](C1)S(=O)(=O)CC[C@H]2C(=O)NCc1ccccc1.O=C(O)C(F)(F)F. The quantitative estimate of drug-likeness (QED) is 0.633. The molecule has 0 bridgehead atoms.